The van der Waals surface area contributed by atoms with Gasteiger partial charge in [-0.05, 0) is 34.7 Å². The van der Waals surface area contributed by atoms with Gasteiger partial charge in [0.15, 0.2) is 6.61 Å². The summed E-state index contributed by atoms with van der Waals surface area (Å²) in [4.78, 5) is 26.5. The van der Waals surface area contributed by atoms with E-state index < -0.39 is 5.97 Å². The number of fused-ring (bicyclic) bond motifs is 1. The van der Waals surface area contributed by atoms with Gasteiger partial charge in [-0.2, -0.15) is 0 Å². The van der Waals surface area contributed by atoms with Crippen molar-refractivity contribution in [3.63, 3.8) is 0 Å². The molecule has 2 rings (SSSR count). The minimum Gasteiger partial charge on any atom is -0.452 e. The van der Waals surface area contributed by atoms with Crippen molar-refractivity contribution in [3.05, 3.63) is 48.0 Å². The van der Waals surface area contributed by atoms with E-state index in [1.807, 2.05) is 30.3 Å². The molecule has 1 amide bonds. The normalized spacial score (nSPS) is 11.1. The lowest BCUT2D eigenvalue weighted by Crippen LogP contribution is -2.39. The summed E-state index contributed by atoms with van der Waals surface area (Å²) in [7, 11) is 0. The Kier molecular flexibility index (Phi) is 6.57. The van der Waals surface area contributed by atoms with Crippen LogP contribution >= 0.6 is 0 Å². The van der Waals surface area contributed by atoms with Gasteiger partial charge < -0.3 is 9.64 Å². The average Bonchev–Trinajstić information content (AvgIpc) is 2.57. The molecule has 0 aliphatic carbocycles. The van der Waals surface area contributed by atoms with Crippen molar-refractivity contribution in [2.45, 2.75) is 27.7 Å². The summed E-state index contributed by atoms with van der Waals surface area (Å²) in [6.07, 6.45) is 0. The smallest absolute Gasteiger partial charge is 0.338 e. The lowest BCUT2D eigenvalue weighted by Gasteiger charge is -2.26. The fourth-order valence-electron chi connectivity index (χ4n) is 2.78. The van der Waals surface area contributed by atoms with Crippen molar-refractivity contribution in [1.82, 2.24) is 4.90 Å². The summed E-state index contributed by atoms with van der Waals surface area (Å²) < 4.78 is 5.25. The van der Waals surface area contributed by atoms with Crippen LogP contribution in [0.3, 0.4) is 0 Å². The highest BCUT2D eigenvalue weighted by Crippen LogP contribution is 2.16. The van der Waals surface area contributed by atoms with E-state index in [9.17, 15) is 9.59 Å². The van der Waals surface area contributed by atoms with Crippen molar-refractivity contribution in [2.24, 2.45) is 11.8 Å². The van der Waals surface area contributed by atoms with Crippen LogP contribution in [-0.4, -0.2) is 36.5 Å². The largest absolute Gasteiger partial charge is 0.452 e. The van der Waals surface area contributed by atoms with Crippen LogP contribution in [0.5, 0.6) is 0 Å². The van der Waals surface area contributed by atoms with E-state index in [4.69, 9.17) is 4.74 Å². The molecule has 0 radical (unpaired) electrons. The molecule has 0 aliphatic heterocycles. The summed E-state index contributed by atoms with van der Waals surface area (Å²) >= 11 is 0. The molecule has 0 heterocycles. The minimum atomic E-state index is -0.465. The second kappa shape index (κ2) is 8.65. The fraction of sp³-hybridized carbons (Fsp3) is 0.429. The Morgan fingerprint density at radius 1 is 0.920 bits per heavy atom. The lowest BCUT2D eigenvalue weighted by molar-refractivity contribution is -0.135. The summed E-state index contributed by atoms with van der Waals surface area (Å²) in [5.74, 6) is 0.141. The Labute approximate surface area is 149 Å². The monoisotopic (exact) mass is 341 g/mol. The Morgan fingerprint density at radius 2 is 1.52 bits per heavy atom. The number of esters is 1. The number of rotatable bonds is 7. The average molecular weight is 341 g/mol. The molecule has 0 fully saturated rings. The van der Waals surface area contributed by atoms with E-state index >= 15 is 0 Å². The van der Waals surface area contributed by atoms with Gasteiger partial charge in [0.25, 0.3) is 5.91 Å². The molecule has 0 atom stereocenters. The van der Waals surface area contributed by atoms with Gasteiger partial charge in [0.2, 0.25) is 0 Å². The van der Waals surface area contributed by atoms with Crippen molar-refractivity contribution in [2.75, 3.05) is 19.7 Å². The van der Waals surface area contributed by atoms with Crippen LogP contribution in [0.1, 0.15) is 38.1 Å². The number of hydrogen-bond donors (Lipinski definition) is 0. The van der Waals surface area contributed by atoms with Crippen LogP contribution in [0.4, 0.5) is 0 Å². The molecule has 0 unspecified atom stereocenters. The first-order chi connectivity index (χ1) is 11.9. The number of benzene rings is 2. The van der Waals surface area contributed by atoms with Crippen molar-refractivity contribution in [1.29, 1.82) is 0 Å². The predicted molar refractivity (Wildman–Crippen MR) is 100 cm³/mol. The molecule has 0 saturated carbocycles. The number of hydrogen-bond acceptors (Lipinski definition) is 3. The van der Waals surface area contributed by atoms with Crippen LogP contribution in [0, 0.1) is 11.8 Å². The molecule has 0 saturated heterocycles. The zero-order valence-electron chi connectivity index (χ0n) is 15.5. The molecule has 0 bridgehead atoms. The maximum absolute atomic E-state index is 12.4. The third kappa shape index (κ3) is 5.59. The highest BCUT2D eigenvalue weighted by atomic mass is 16.5. The minimum absolute atomic E-state index is 0.142. The molecular formula is C21H27NO3. The zero-order chi connectivity index (χ0) is 18.4. The van der Waals surface area contributed by atoms with Gasteiger partial charge >= 0.3 is 5.97 Å². The number of carbonyl (C=O) groups excluding carboxylic acids is 2. The first-order valence-electron chi connectivity index (χ1n) is 8.80. The van der Waals surface area contributed by atoms with Crippen LogP contribution in [0.15, 0.2) is 42.5 Å². The number of ether oxygens (including phenoxy) is 1. The quantitative estimate of drug-likeness (QED) is 0.711. The lowest BCUT2D eigenvalue weighted by atomic mass is 10.1. The summed E-state index contributed by atoms with van der Waals surface area (Å²) in [6.45, 7) is 9.41. The van der Waals surface area contributed by atoms with Gasteiger partial charge in [-0.3, -0.25) is 4.79 Å². The van der Waals surface area contributed by atoms with Gasteiger partial charge in [-0.1, -0.05) is 58.0 Å². The van der Waals surface area contributed by atoms with Crippen molar-refractivity contribution < 1.29 is 14.3 Å². The molecule has 0 spiro atoms. The highest BCUT2D eigenvalue weighted by molar-refractivity contribution is 5.96. The topological polar surface area (TPSA) is 46.6 Å². The molecule has 2 aromatic carbocycles. The first kappa shape index (κ1) is 19.0. The summed E-state index contributed by atoms with van der Waals surface area (Å²) in [6, 6.07) is 13.2. The Bertz CT molecular complexity index is 727. The third-order valence-electron chi connectivity index (χ3n) is 3.84. The van der Waals surface area contributed by atoms with E-state index in [1.54, 1.807) is 17.0 Å². The van der Waals surface area contributed by atoms with E-state index in [0.29, 0.717) is 30.5 Å². The van der Waals surface area contributed by atoms with Gasteiger partial charge in [-0.25, -0.2) is 4.79 Å². The molecule has 0 aromatic heterocycles. The van der Waals surface area contributed by atoms with Gasteiger partial charge in [0.05, 0.1) is 5.56 Å². The molecule has 4 heteroatoms. The van der Waals surface area contributed by atoms with Gasteiger partial charge in [0.1, 0.15) is 0 Å². The molecular weight excluding hydrogens is 314 g/mol. The molecule has 0 N–H and O–H groups in total. The molecule has 4 nitrogen and oxygen atoms in total. The van der Waals surface area contributed by atoms with Crippen LogP contribution < -0.4 is 0 Å². The van der Waals surface area contributed by atoms with E-state index in [2.05, 4.69) is 27.7 Å². The zero-order valence-corrected chi connectivity index (χ0v) is 15.5. The molecule has 0 aliphatic rings. The Balaban J connectivity index is 1.99. The summed E-state index contributed by atoms with van der Waals surface area (Å²) in [5, 5.41) is 2.04. The third-order valence-corrected chi connectivity index (χ3v) is 3.84. The first-order valence-corrected chi connectivity index (χ1v) is 8.80. The number of nitrogens with zero attached hydrogens (tertiary/aromatic N) is 1. The number of amides is 1. The standard InChI is InChI=1S/C21H27NO3/c1-15(2)12-22(13-16(3)4)20(23)14-25-21(24)19-10-9-17-7-5-6-8-18(17)11-19/h5-11,15-16H,12-14H2,1-4H3. The predicted octanol–water partition coefficient (Wildman–Crippen LogP) is 4.14. The SMILES string of the molecule is CC(C)CN(CC(C)C)C(=O)COC(=O)c1ccc2ccccc2c1. The molecule has 134 valence electrons. The molecule has 2 aromatic rings. The van der Waals surface area contributed by atoms with E-state index in [1.165, 1.54) is 0 Å². The van der Waals surface area contributed by atoms with Gasteiger partial charge in [-0.15, -0.1) is 0 Å². The second-order valence-corrected chi connectivity index (χ2v) is 7.22. The highest BCUT2D eigenvalue weighted by Gasteiger charge is 2.18. The second-order valence-electron chi connectivity index (χ2n) is 7.22. The van der Waals surface area contributed by atoms with E-state index in [0.717, 1.165) is 10.8 Å². The van der Waals surface area contributed by atoms with Crippen LogP contribution in [-0.2, 0) is 9.53 Å². The Hall–Kier alpha value is -2.36. The van der Waals surface area contributed by atoms with E-state index in [-0.39, 0.29) is 12.5 Å². The number of carbonyl (C=O) groups is 2. The van der Waals surface area contributed by atoms with Crippen molar-refractivity contribution >= 4 is 22.6 Å². The van der Waals surface area contributed by atoms with Gasteiger partial charge in [0, 0.05) is 13.1 Å². The maximum atomic E-state index is 12.4. The fourth-order valence-corrected chi connectivity index (χ4v) is 2.78. The van der Waals surface area contributed by atoms with Crippen LogP contribution in [0.25, 0.3) is 10.8 Å². The Morgan fingerprint density at radius 3 is 2.12 bits per heavy atom. The van der Waals surface area contributed by atoms with Crippen molar-refractivity contribution in [3.8, 4) is 0 Å². The summed E-state index contributed by atoms with van der Waals surface area (Å²) in [5.41, 5.74) is 0.464. The molecule has 25 heavy (non-hydrogen) atoms. The maximum Gasteiger partial charge on any atom is 0.338 e. The van der Waals surface area contributed by atoms with Crippen LogP contribution in [0.2, 0.25) is 0 Å².